The summed E-state index contributed by atoms with van der Waals surface area (Å²) < 4.78 is 54.3. The highest BCUT2D eigenvalue weighted by atomic mass is 79.9. The van der Waals surface area contributed by atoms with Crippen LogP contribution in [0.1, 0.15) is 11.1 Å². The van der Waals surface area contributed by atoms with E-state index in [0.29, 0.717) is 11.1 Å². The Balaban J connectivity index is 2.36. The Labute approximate surface area is 158 Å². The van der Waals surface area contributed by atoms with E-state index in [-0.39, 0.29) is 21.7 Å². The van der Waals surface area contributed by atoms with Crippen LogP contribution in [-0.2, 0) is 30.8 Å². The Hall–Kier alpha value is -1.85. The molecule has 1 atom stereocenters. The Morgan fingerprint density at radius 2 is 1.77 bits per heavy atom. The molecule has 0 amide bonds. The van der Waals surface area contributed by atoms with Crippen molar-refractivity contribution in [2.45, 2.75) is 16.0 Å². The van der Waals surface area contributed by atoms with Gasteiger partial charge in [0.2, 0.25) is 0 Å². The van der Waals surface area contributed by atoms with Crippen LogP contribution in [0.2, 0.25) is 0 Å². The molecule has 0 saturated heterocycles. The highest BCUT2D eigenvalue weighted by Crippen LogP contribution is 2.21. The van der Waals surface area contributed by atoms with Gasteiger partial charge in [0.15, 0.2) is 0 Å². The summed E-state index contributed by atoms with van der Waals surface area (Å²) in [6.07, 6.45) is 1.19. The molecule has 0 saturated carbocycles. The van der Waals surface area contributed by atoms with Crippen LogP contribution in [-0.4, -0.2) is 23.8 Å². The van der Waals surface area contributed by atoms with Crippen molar-refractivity contribution < 1.29 is 21.9 Å². The summed E-state index contributed by atoms with van der Waals surface area (Å²) in [7, 11) is -7.45. The lowest BCUT2D eigenvalue weighted by Crippen LogP contribution is -2.07. The number of nitro benzene ring substituents is 1. The van der Waals surface area contributed by atoms with Gasteiger partial charge in [0.05, 0.1) is 25.3 Å². The second-order valence-corrected chi connectivity index (χ2v) is 10.2. The summed E-state index contributed by atoms with van der Waals surface area (Å²) in [4.78, 5) is 9.67. The first-order valence-corrected chi connectivity index (χ1v) is 11.7. The standard InChI is InChI=1S/C15H14BrFN2O5S2/c1-25(22,10-11-2-7-15(17)12(8-11)9-16)18-26(23,24)14-5-3-13(4-6-14)19(20)21/h2-8H,9-10H2,1H3. The normalized spacial score (nSPS) is 13.8. The smallest absolute Gasteiger partial charge is 0.258 e. The van der Waals surface area contributed by atoms with Crippen molar-refractivity contribution in [1.82, 2.24) is 0 Å². The quantitative estimate of drug-likeness (QED) is 0.368. The number of benzene rings is 2. The minimum absolute atomic E-state index is 0.181. The number of nitro groups is 1. The van der Waals surface area contributed by atoms with E-state index in [1.807, 2.05) is 0 Å². The van der Waals surface area contributed by atoms with Gasteiger partial charge in [-0.3, -0.25) is 10.1 Å². The van der Waals surface area contributed by atoms with Gasteiger partial charge < -0.3 is 0 Å². The minimum Gasteiger partial charge on any atom is -0.258 e. The molecule has 0 spiro atoms. The van der Waals surface area contributed by atoms with Crippen molar-refractivity contribution >= 4 is 41.4 Å². The largest absolute Gasteiger partial charge is 0.290 e. The maximum atomic E-state index is 13.5. The first-order valence-electron chi connectivity index (χ1n) is 7.08. The van der Waals surface area contributed by atoms with Gasteiger partial charge in [-0.05, 0) is 29.3 Å². The zero-order valence-corrected chi connectivity index (χ0v) is 16.7. The Morgan fingerprint density at radius 3 is 2.31 bits per heavy atom. The third-order valence-corrected chi connectivity index (χ3v) is 7.68. The van der Waals surface area contributed by atoms with Crippen molar-refractivity contribution in [2.24, 2.45) is 3.77 Å². The molecule has 0 fully saturated rings. The van der Waals surface area contributed by atoms with Crippen molar-refractivity contribution in [1.29, 1.82) is 0 Å². The fraction of sp³-hybridized carbons (Fsp3) is 0.200. The molecule has 0 aliphatic rings. The van der Waals surface area contributed by atoms with E-state index in [4.69, 9.17) is 0 Å². The third-order valence-electron chi connectivity index (χ3n) is 3.29. The lowest BCUT2D eigenvalue weighted by molar-refractivity contribution is -0.384. The molecule has 7 nitrogen and oxygen atoms in total. The summed E-state index contributed by atoms with van der Waals surface area (Å²) in [5.74, 6) is -0.608. The fourth-order valence-electron chi connectivity index (χ4n) is 2.15. The van der Waals surface area contributed by atoms with Crippen LogP contribution in [0.3, 0.4) is 0 Å². The highest BCUT2D eigenvalue weighted by Gasteiger charge is 2.18. The van der Waals surface area contributed by atoms with Crippen molar-refractivity contribution in [3.63, 3.8) is 0 Å². The number of hydrogen-bond donors (Lipinski definition) is 0. The molecule has 26 heavy (non-hydrogen) atoms. The van der Waals surface area contributed by atoms with E-state index in [1.165, 1.54) is 24.5 Å². The van der Waals surface area contributed by atoms with Crippen molar-refractivity contribution in [3.05, 3.63) is 69.5 Å². The van der Waals surface area contributed by atoms with Crippen LogP contribution in [0.15, 0.2) is 51.1 Å². The van der Waals surface area contributed by atoms with Gasteiger partial charge >= 0.3 is 0 Å². The van der Waals surface area contributed by atoms with Gasteiger partial charge in [-0.25, -0.2) is 8.60 Å². The van der Waals surface area contributed by atoms with E-state index < -0.39 is 30.5 Å². The summed E-state index contributed by atoms with van der Waals surface area (Å²) in [5.41, 5.74) is 0.571. The molecule has 2 aromatic rings. The average molecular weight is 465 g/mol. The average Bonchev–Trinajstić information content (AvgIpc) is 2.55. The third kappa shape index (κ3) is 5.08. The SMILES string of the molecule is CS(=O)(Cc1ccc(F)c(CBr)c1)=NS(=O)(=O)c1ccc([N+](=O)[O-])cc1. The molecule has 2 aromatic carbocycles. The van der Waals surface area contributed by atoms with Gasteiger partial charge in [0.1, 0.15) is 5.82 Å². The van der Waals surface area contributed by atoms with Crippen LogP contribution in [0.4, 0.5) is 10.1 Å². The van der Waals surface area contributed by atoms with Gasteiger partial charge in [-0.1, -0.05) is 28.1 Å². The number of hydrogen-bond acceptors (Lipinski definition) is 5. The first kappa shape index (κ1) is 20.5. The molecule has 0 aliphatic carbocycles. The number of rotatable bonds is 6. The molecule has 140 valence electrons. The Kier molecular flexibility index (Phi) is 6.14. The predicted octanol–water partition coefficient (Wildman–Crippen LogP) is 3.62. The van der Waals surface area contributed by atoms with Crippen LogP contribution in [0, 0.1) is 15.9 Å². The molecular weight excluding hydrogens is 451 g/mol. The monoisotopic (exact) mass is 464 g/mol. The summed E-state index contributed by atoms with van der Waals surface area (Å²) in [6.45, 7) is 0. The van der Waals surface area contributed by atoms with Gasteiger partial charge in [0.25, 0.3) is 15.7 Å². The lowest BCUT2D eigenvalue weighted by atomic mass is 10.1. The van der Waals surface area contributed by atoms with Crippen molar-refractivity contribution in [2.75, 3.05) is 6.26 Å². The zero-order valence-electron chi connectivity index (χ0n) is 13.5. The molecule has 0 N–H and O–H groups in total. The molecule has 11 heteroatoms. The molecule has 0 heterocycles. The molecule has 0 radical (unpaired) electrons. The highest BCUT2D eigenvalue weighted by molar-refractivity contribution is 9.08. The summed E-state index contributed by atoms with van der Waals surface area (Å²) >= 11 is 3.14. The number of alkyl halides is 1. The molecule has 1 unspecified atom stereocenters. The van der Waals surface area contributed by atoms with Crippen LogP contribution >= 0.6 is 15.9 Å². The first-order chi connectivity index (χ1) is 12.0. The Bertz CT molecular complexity index is 1060. The fourth-order valence-corrected chi connectivity index (χ4v) is 6.07. The summed E-state index contributed by atoms with van der Waals surface area (Å²) in [6, 6.07) is 8.25. The molecule has 0 bridgehead atoms. The van der Waals surface area contributed by atoms with E-state index in [0.717, 1.165) is 24.3 Å². The van der Waals surface area contributed by atoms with Crippen LogP contribution < -0.4 is 0 Å². The number of nitrogens with zero attached hydrogens (tertiary/aromatic N) is 2. The molecule has 0 aromatic heterocycles. The van der Waals surface area contributed by atoms with E-state index in [2.05, 4.69) is 19.7 Å². The summed E-state index contributed by atoms with van der Waals surface area (Å²) in [5, 5.41) is 10.9. The molecule has 0 aliphatic heterocycles. The second-order valence-electron chi connectivity index (χ2n) is 5.46. The number of sulfonamides is 1. The van der Waals surface area contributed by atoms with Gasteiger partial charge in [-0.2, -0.15) is 8.42 Å². The van der Waals surface area contributed by atoms with E-state index in [1.54, 1.807) is 0 Å². The van der Waals surface area contributed by atoms with E-state index >= 15 is 0 Å². The predicted molar refractivity (Wildman–Crippen MR) is 99.5 cm³/mol. The van der Waals surface area contributed by atoms with Crippen molar-refractivity contribution in [3.8, 4) is 0 Å². The maximum absolute atomic E-state index is 13.5. The lowest BCUT2D eigenvalue weighted by Gasteiger charge is -2.07. The topological polar surface area (TPSA) is 107 Å². The zero-order chi connectivity index (χ0) is 19.5. The molecule has 2 rings (SSSR count). The van der Waals surface area contributed by atoms with Gasteiger partial charge in [-0.15, -0.1) is 3.77 Å². The second kappa shape index (κ2) is 7.80. The molecular formula is C15H14BrFN2O5S2. The van der Waals surface area contributed by atoms with Gasteiger partial charge in [0, 0.05) is 23.7 Å². The number of non-ortho nitro benzene ring substituents is 1. The van der Waals surface area contributed by atoms with Crippen LogP contribution in [0.5, 0.6) is 0 Å². The van der Waals surface area contributed by atoms with E-state index in [9.17, 15) is 27.1 Å². The Morgan fingerprint density at radius 1 is 1.15 bits per heavy atom. The maximum Gasteiger partial charge on any atom is 0.290 e. The van der Waals surface area contributed by atoms with Crippen LogP contribution in [0.25, 0.3) is 0 Å². The minimum atomic E-state index is -4.26. The number of halogens is 2.